The number of nitrogens with zero attached hydrogens (tertiary/aromatic N) is 7. The maximum absolute atomic E-state index is 13.9. The van der Waals surface area contributed by atoms with Gasteiger partial charge in [0.05, 0.1) is 38.5 Å². The van der Waals surface area contributed by atoms with Crippen LogP contribution in [0.25, 0.3) is 11.0 Å². The third kappa shape index (κ3) is 10.7. The number of hydrogen-bond acceptors (Lipinski definition) is 17. The number of amides is 2. The Labute approximate surface area is 339 Å². The average molecular weight is 843 g/mol. The number of aliphatic hydroxyl groups excluding tert-OH is 10. The van der Waals surface area contributed by atoms with Gasteiger partial charge in [-0.1, -0.05) is 11.6 Å². The molecule has 3 heterocycles. The molecule has 1 aliphatic rings. The van der Waals surface area contributed by atoms with Crippen LogP contribution in [0.1, 0.15) is 42.9 Å². The van der Waals surface area contributed by atoms with Crippen molar-refractivity contribution in [2.45, 2.75) is 95.2 Å². The van der Waals surface area contributed by atoms with Crippen LogP contribution in [-0.2, 0) is 24.4 Å². The highest BCUT2D eigenvalue weighted by Gasteiger charge is 2.36. The van der Waals surface area contributed by atoms with Crippen molar-refractivity contribution in [1.82, 2.24) is 24.3 Å². The fraction of sp³-hybridized carbons (Fsp3) is 0.639. The van der Waals surface area contributed by atoms with Crippen molar-refractivity contribution in [1.29, 1.82) is 0 Å². The summed E-state index contributed by atoms with van der Waals surface area (Å²) >= 11 is 6.09. The standard InChI is InChI=1S/C36H57ClN9O12/c1-3-45-21-6-5-20(11-22(21)46(4-2)27(45)15-44(18-49)35-34(39)41-33(38)32(37)40-35)36(58)43-9-7-19(8-10-43)12-42(13-23(50)28(54)30(56)25(52)16-47)14-24(51)29(55)31(57)26(53)17-48/h5-6,11,18-19,23-26,28-31,47-48,50-57H,3-4,7-10,12-17H2,1-2H3,(H4,38,39,41)/q+1/t23-,24-,25+,26+,28+,29+,30+,31+/m0/s1. The highest BCUT2D eigenvalue weighted by atomic mass is 35.5. The highest BCUT2D eigenvalue weighted by molar-refractivity contribution is 6.31. The van der Waals surface area contributed by atoms with Crippen molar-refractivity contribution in [3.8, 4) is 0 Å². The average Bonchev–Trinajstić information content (AvgIpc) is 3.53. The van der Waals surface area contributed by atoms with Crippen molar-refractivity contribution in [3.05, 3.63) is 34.7 Å². The Morgan fingerprint density at radius 3 is 1.95 bits per heavy atom. The number of anilines is 3. The molecule has 1 saturated heterocycles. The van der Waals surface area contributed by atoms with Gasteiger partial charge >= 0.3 is 0 Å². The molecule has 2 amide bonds. The lowest BCUT2D eigenvalue weighted by Gasteiger charge is -2.38. The minimum Gasteiger partial charge on any atom is -0.394 e. The molecule has 21 nitrogen and oxygen atoms in total. The monoisotopic (exact) mass is 842 g/mol. The van der Waals surface area contributed by atoms with E-state index in [-0.39, 0.29) is 60.6 Å². The highest BCUT2D eigenvalue weighted by Crippen LogP contribution is 2.27. The van der Waals surface area contributed by atoms with E-state index in [1.54, 1.807) is 17.0 Å². The summed E-state index contributed by atoms with van der Waals surface area (Å²) in [4.78, 5) is 38.8. The second kappa shape index (κ2) is 20.9. The molecule has 1 fully saturated rings. The van der Waals surface area contributed by atoms with Gasteiger partial charge < -0.3 is 67.4 Å². The van der Waals surface area contributed by atoms with Crippen LogP contribution in [-0.4, -0.2) is 182 Å². The van der Waals surface area contributed by atoms with Crippen molar-refractivity contribution < 1.29 is 65.2 Å². The van der Waals surface area contributed by atoms with E-state index in [1.165, 1.54) is 9.80 Å². The third-order valence-corrected chi connectivity index (χ3v) is 10.9. The Hall–Kier alpha value is -3.84. The third-order valence-electron chi connectivity index (χ3n) is 10.6. The number of imidazole rings is 1. The maximum Gasteiger partial charge on any atom is 0.277 e. The zero-order valence-electron chi connectivity index (χ0n) is 32.4. The zero-order valence-corrected chi connectivity index (χ0v) is 33.2. The van der Waals surface area contributed by atoms with Crippen LogP contribution < -0.4 is 20.9 Å². The van der Waals surface area contributed by atoms with Gasteiger partial charge in [0.25, 0.3) is 11.7 Å². The molecule has 0 aliphatic carbocycles. The Morgan fingerprint density at radius 1 is 0.897 bits per heavy atom. The Bertz CT molecular complexity index is 1800. The number of nitrogens with two attached hydrogens (primary N) is 2. The Kier molecular flexibility index (Phi) is 16.9. The lowest BCUT2D eigenvalue weighted by atomic mass is 9.94. The molecular weight excluding hydrogens is 786 g/mol. The van der Waals surface area contributed by atoms with Gasteiger partial charge in [-0.15, -0.1) is 0 Å². The summed E-state index contributed by atoms with van der Waals surface area (Å²) in [6, 6.07) is 5.38. The molecule has 2 aromatic heterocycles. The largest absolute Gasteiger partial charge is 0.394 e. The van der Waals surface area contributed by atoms with Gasteiger partial charge in [0, 0.05) is 44.4 Å². The fourth-order valence-electron chi connectivity index (χ4n) is 7.32. The summed E-state index contributed by atoms with van der Waals surface area (Å²) in [5.74, 6) is 0.287. The second-order valence-corrected chi connectivity index (χ2v) is 14.9. The smallest absolute Gasteiger partial charge is 0.277 e. The number of aliphatic hydroxyl groups is 10. The Balaban J connectivity index is 1.50. The van der Waals surface area contributed by atoms with Gasteiger partial charge in [0.1, 0.15) is 43.2 Å². The van der Waals surface area contributed by atoms with Gasteiger partial charge in [0.2, 0.25) is 6.41 Å². The van der Waals surface area contributed by atoms with Gasteiger partial charge in [-0.05, 0) is 44.7 Å². The van der Waals surface area contributed by atoms with Crippen molar-refractivity contribution >= 4 is 52.4 Å². The molecule has 324 valence electrons. The van der Waals surface area contributed by atoms with E-state index in [2.05, 4.69) is 9.97 Å². The van der Waals surface area contributed by atoms with E-state index in [0.29, 0.717) is 51.0 Å². The van der Waals surface area contributed by atoms with Crippen LogP contribution in [0.4, 0.5) is 17.5 Å². The van der Waals surface area contributed by atoms with E-state index in [9.17, 15) is 50.4 Å². The minimum atomic E-state index is -1.90. The van der Waals surface area contributed by atoms with Crippen molar-refractivity contribution in [3.63, 3.8) is 0 Å². The predicted molar refractivity (Wildman–Crippen MR) is 209 cm³/mol. The number of fused-ring (bicyclic) bond motifs is 1. The first-order valence-electron chi connectivity index (χ1n) is 19.0. The number of carbonyl (C=O) groups excluding carboxylic acids is 2. The van der Waals surface area contributed by atoms with Crippen LogP contribution in [0.15, 0.2) is 18.2 Å². The van der Waals surface area contributed by atoms with Crippen LogP contribution in [0.3, 0.4) is 0 Å². The zero-order chi connectivity index (χ0) is 43.0. The first kappa shape index (κ1) is 46.8. The first-order chi connectivity index (χ1) is 27.5. The molecule has 0 unspecified atom stereocenters. The molecule has 8 atom stereocenters. The number of nitrogen functional groups attached to an aromatic ring is 2. The number of benzene rings is 1. The summed E-state index contributed by atoms with van der Waals surface area (Å²) in [6.45, 7) is 3.29. The molecule has 1 aromatic carbocycles. The van der Waals surface area contributed by atoms with Gasteiger partial charge in [0.15, 0.2) is 33.6 Å². The molecule has 0 radical (unpaired) electrons. The molecule has 4 rings (SSSR count). The number of rotatable bonds is 21. The number of carbonyl (C=O) groups is 2. The topological polar surface area (TPSA) is 333 Å². The lowest BCUT2D eigenvalue weighted by Crippen LogP contribution is -2.54. The maximum atomic E-state index is 13.9. The Morgan fingerprint density at radius 2 is 1.45 bits per heavy atom. The molecule has 0 spiro atoms. The van der Waals surface area contributed by atoms with Gasteiger partial charge in [-0.3, -0.25) is 19.4 Å². The van der Waals surface area contributed by atoms with Crippen LogP contribution in [0.5, 0.6) is 0 Å². The van der Waals surface area contributed by atoms with Crippen molar-refractivity contribution in [2.24, 2.45) is 5.92 Å². The number of likely N-dealkylation sites (tertiary alicyclic amines) is 1. The summed E-state index contributed by atoms with van der Waals surface area (Å²) < 4.78 is 4.00. The van der Waals surface area contributed by atoms with E-state index in [1.807, 2.05) is 29.0 Å². The number of halogens is 1. The molecule has 1 aliphatic heterocycles. The molecule has 0 bridgehead atoms. The second-order valence-electron chi connectivity index (χ2n) is 14.5. The molecule has 0 saturated carbocycles. The first-order valence-corrected chi connectivity index (χ1v) is 19.4. The van der Waals surface area contributed by atoms with Gasteiger partial charge in [-0.25, -0.2) is 19.1 Å². The summed E-state index contributed by atoms with van der Waals surface area (Å²) in [7, 11) is 0. The lowest BCUT2D eigenvalue weighted by molar-refractivity contribution is -0.676. The molecule has 3 aromatic rings. The SMILES string of the molecule is CCn1c(CN(C=O)c2nc(Cl)c(N)nc2N)[n+](CC)c2ccc(C(=O)N3CCC(CN(C[C@H](O)[C@@H](O)[C@H](O)[C@H](O)CO)C[C@H](O)[C@@H](O)[C@H](O)[C@H](O)CO)CC3)cc21. The number of hydrogen-bond donors (Lipinski definition) is 12. The number of aryl methyl sites for hydroxylation is 2. The fourth-order valence-corrected chi connectivity index (χ4v) is 7.44. The summed E-state index contributed by atoms with van der Waals surface area (Å²) in [5, 5.41) is 100. The quantitative estimate of drug-likeness (QED) is 0.0357. The van der Waals surface area contributed by atoms with Crippen molar-refractivity contribution in [2.75, 3.05) is 62.3 Å². The minimum absolute atomic E-state index is 0.0445. The van der Waals surface area contributed by atoms with Crippen LogP contribution in [0.2, 0.25) is 5.15 Å². The molecular formula is C36H57ClN9O12+. The van der Waals surface area contributed by atoms with E-state index < -0.39 is 62.0 Å². The van der Waals surface area contributed by atoms with Crippen LogP contribution in [0, 0.1) is 5.92 Å². The summed E-state index contributed by atoms with van der Waals surface area (Å²) in [5.41, 5.74) is 13.8. The summed E-state index contributed by atoms with van der Waals surface area (Å²) in [6.07, 6.45) is -12.9. The number of aromatic nitrogens is 4. The molecule has 22 heteroatoms. The molecule has 14 N–H and O–H groups in total. The normalized spacial score (nSPS) is 18.1. The predicted octanol–water partition coefficient (Wildman–Crippen LogP) is -4.23. The number of piperidine rings is 1. The van der Waals surface area contributed by atoms with E-state index in [4.69, 9.17) is 33.3 Å². The molecule has 58 heavy (non-hydrogen) atoms. The van der Waals surface area contributed by atoms with E-state index in [0.717, 1.165) is 16.9 Å². The van der Waals surface area contributed by atoms with E-state index >= 15 is 0 Å². The van der Waals surface area contributed by atoms with Crippen LogP contribution >= 0.6 is 11.6 Å². The van der Waals surface area contributed by atoms with Gasteiger partial charge in [-0.2, -0.15) is 0 Å².